The van der Waals surface area contributed by atoms with Gasteiger partial charge >= 0.3 is 0 Å². The Bertz CT molecular complexity index is 475. The van der Waals surface area contributed by atoms with Crippen LogP contribution in [0.15, 0.2) is 27.4 Å². The third kappa shape index (κ3) is 2.99. The summed E-state index contributed by atoms with van der Waals surface area (Å²) >= 11 is 7.29. The van der Waals surface area contributed by atoms with Crippen molar-refractivity contribution in [2.75, 3.05) is 6.54 Å². The molecule has 2 aromatic rings. The molecule has 0 radical (unpaired) electrons. The lowest BCUT2D eigenvalue weighted by atomic mass is 10.1. The van der Waals surface area contributed by atoms with Crippen molar-refractivity contribution in [3.05, 3.63) is 42.7 Å². The Morgan fingerprint density at radius 1 is 1.29 bits per heavy atom. The molecule has 0 saturated carbocycles. The van der Waals surface area contributed by atoms with Crippen LogP contribution in [0.4, 0.5) is 0 Å². The third-order valence-electron chi connectivity index (χ3n) is 2.68. The molecule has 0 amide bonds. The maximum Gasteiger partial charge on any atom is 0.0690 e. The Hall–Kier alpha value is -0.160. The zero-order chi connectivity index (χ0) is 12.3. The van der Waals surface area contributed by atoms with E-state index in [0.717, 1.165) is 13.0 Å². The van der Waals surface area contributed by atoms with Crippen molar-refractivity contribution in [3.63, 3.8) is 0 Å². The lowest BCUT2D eigenvalue weighted by Gasteiger charge is -2.16. The predicted molar refractivity (Wildman–Crippen MR) is 81.2 cm³/mol. The van der Waals surface area contributed by atoms with E-state index < -0.39 is 0 Å². The summed E-state index contributed by atoms with van der Waals surface area (Å²) in [4.78, 5) is 2.86. The van der Waals surface area contributed by atoms with E-state index in [4.69, 9.17) is 0 Å². The van der Waals surface area contributed by atoms with Gasteiger partial charge in [0.15, 0.2) is 0 Å². The van der Waals surface area contributed by atoms with Crippen LogP contribution in [0.1, 0.15) is 35.2 Å². The fourth-order valence-corrected chi connectivity index (χ4v) is 4.40. The largest absolute Gasteiger partial charge is 0.306 e. The first kappa shape index (κ1) is 13.3. The van der Waals surface area contributed by atoms with Gasteiger partial charge in [-0.15, -0.1) is 11.3 Å². The summed E-state index contributed by atoms with van der Waals surface area (Å²) in [6, 6.07) is 4.82. The summed E-state index contributed by atoms with van der Waals surface area (Å²) < 4.78 is 1.21. The number of thiophene rings is 2. The fourth-order valence-electron chi connectivity index (χ4n) is 1.80. The average Bonchev–Trinajstić information content (AvgIpc) is 2.95. The normalized spacial score (nSPS) is 12.9. The van der Waals surface area contributed by atoms with Crippen molar-refractivity contribution >= 4 is 38.6 Å². The van der Waals surface area contributed by atoms with Gasteiger partial charge in [-0.3, -0.25) is 0 Å². The molecule has 0 saturated heterocycles. The van der Waals surface area contributed by atoms with E-state index in [9.17, 15) is 0 Å². The Morgan fingerprint density at radius 3 is 2.65 bits per heavy atom. The second kappa shape index (κ2) is 6.14. The summed E-state index contributed by atoms with van der Waals surface area (Å²) in [7, 11) is 0. The van der Waals surface area contributed by atoms with Crippen LogP contribution in [-0.2, 0) is 6.42 Å². The van der Waals surface area contributed by atoms with Crippen molar-refractivity contribution in [3.8, 4) is 0 Å². The van der Waals surface area contributed by atoms with Gasteiger partial charge in [-0.1, -0.05) is 13.8 Å². The van der Waals surface area contributed by atoms with Crippen LogP contribution in [0.5, 0.6) is 0 Å². The number of nitrogens with one attached hydrogen (secondary N) is 1. The second-order valence-corrected chi connectivity index (χ2v) is 6.62. The minimum absolute atomic E-state index is 0.325. The molecule has 0 fully saturated rings. The van der Waals surface area contributed by atoms with Gasteiger partial charge in [-0.05, 0) is 52.0 Å². The molecular formula is C13H16BrNS2. The molecule has 1 N–H and O–H groups in total. The Balaban J connectivity index is 2.32. The van der Waals surface area contributed by atoms with Crippen LogP contribution in [0.3, 0.4) is 0 Å². The van der Waals surface area contributed by atoms with Gasteiger partial charge in [-0.2, -0.15) is 11.3 Å². The molecule has 1 nitrogen and oxygen atoms in total. The van der Waals surface area contributed by atoms with E-state index in [2.05, 4.69) is 58.0 Å². The molecule has 2 aromatic heterocycles. The van der Waals surface area contributed by atoms with E-state index in [-0.39, 0.29) is 0 Å². The molecule has 17 heavy (non-hydrogen) atoms. The fraction of sp³-hybridized carbons (Fsp3) is 0.385. The lowest BCUT2D eigenvalue weighted by Crippen LogP contribution is -2.20. The summed E-state index contributed by atoms with van der Waals surface area (Å²) in [5.41, 5.74) is 1.35. The van der Waals surface area contributed by atoms with E-state index in [1.165, 1.54) is 19.8 Å². The smallest absolute Gasteiger partial charge is 0.0690 e. The number of aryl methyl sites for hydroxylation is 1. The highest BCUT2D eigenvalue weighted by atomic mass is 79.9. The van der Waals surface area contributed by atoms with Crippen molar-refractivity contribution in [1.82, 2.24) is 5.32 Å². The molecule has 2 heterocycles. The molecule has 0 spiro atoms. The Labute approximate surface area is 119 Å². The van der Waals surface area contributed by atoms with Crippen molar-refractivity contribution in [2.45, 2.75) is 26.3 Å². The van der Waals surface area contributed by atoms with Gasteiger partial charge in [0, 0.05) is 19.6 Å². The molecule has 0 aliphatic heterocycles. The summed E-state index contributed by atoms with van der Waals surface area (Å²) in [6.45, 7) is 5.34. The molecule has 1 atom stereocenters. The first-order valence-electron chi connectivity index (χ1n) is 5.79. The van der Waals surface area contributed by atoms with Gasteiger partial charge in [0.2, 0.25) is 0 Å². The predicted octanol–water partition coefficient (Wildman–Crippen LogP) is 4.83. The van der Waals surface area contributed by atoms with Gasteiger partial charge in [-0.25, -0.2) is 0 Å². The number of hydrogen-bond donors (Lipinski definition) is 1. The third-order valence-corrected chi connectivity index (χ3v) is 5.72. The summed E-state index contributed by atoms with van der Waals surface area (Å²) in [5, 5.41) is 7.94. The molecule has 0 aliphatic rings. The minimum atomic E-state index is 0.325. The first-order chi connectivity index (χ1) is 8.26. The second-order valence-electron chi connectivity index (χ2n) is 3.82. The molecular weight excluding hydrogens is 314 g/mol. The van der Waals surface area contributed by atoms with Gasteiger partial charge in [0.1, 0.15) is 0 Å². The van der Waals surface area contributed by atoms with E-state index >= 15 is 0 Å². The molecule has 1 unspecified atom stereocenters. The van der Waals surface area contributed by atoms with Crippen LogP contribution in [0, 0.1) is 0 Å². The number of halogens is 1. The highest BCUT2D eigenvalue weighted by Crippen LogP contribution is 2.34. The van der Waals surface area contributed by atoms with Crippen LogP contribution < -0.4 is 5.32 Å². The molecule has 4 heteroatoms. The lowest BCUT2D eigenvalue weighted by molar-refractivity contribution is 0.639. The number of rotatable bonds is 5. The number of hydrogen-bond acceptors (Lipinski definition) is 3. The topological polar surface area (TPSA) is 12.0 Å². The SMILES string of the molecule is CCNC(c1ccc(CC)s1)c1cscc1Br. The van der Waals surface area contributed by atoms with Gasteiger partial charge in [0.25, 0.3) is 0 Å². The van der Waals surface area contributed by atoms with E-state index in [0.29, 0.717) is 6.04 Å². The highest BCUT2D eigenvalue weighted by molar-refractivity contribution is 9.10. The minimum Gasteiger partial charge on any atom is -0.306 e. The summed E-state index contributed by atoms with van der Waals surface area (Å²) in [6.07, 6.45) is 1.12. The maximum absolute atomic E-state index is 3.63. The Kier molecular flexibility index (Phi) is 4.79. The van der Waals surface area contributed by atoms with E-state index in [1.807, 2.05) is 11.3 Å². The molecule has 2 rings (SSSR count). The first-order valence-corrected chi connectivity index (χ1v) is 8.35. The Morgan fingerprint density at radius 2 is 2.12 bits per heavy atom. The van der Waals surface area contributed by atoms with Crippen molar-refractivity contribution in [2.24, 2.45) is 0 Å². The molecule has 92 valence electrons. The van der Waals surface area contributed by atoms with Crippen LogP contribution in [-0.4, -0.2) is 6.54 Å². The molecule has 0 aromatic carbocycles. The van der Waals surface area contributed by atoms with Crippen LogP contribution >= 0.6 is 38.6 Å². The highest BCUT2D eigenvalue weighted by Gasteiger charge is 2.18. The monoisotopic (exact) mass is 329 g/mol. The van der Waals surface area contributed by atoms with Crippen LogP contribution in [0.2, 0.25) is 0 Å². The molecule has 0 aliphatic carbocycles. The van der Waals surface area contributed by atoms with Crippen LogP contribution in [0.25, 0.3) is 0 Å². The zero-order valence-electron chi connectivity index (χ0n) is 10.00. The molecule has 0 bridgehead atoms. The van der Waals surface area contributed by atoms with Crippen molar-refractivity contribution < 1.29 is 0 Å². The van der Waals surface area contributed by atoms with Crippen molar-refractivity contribution in [1.29, 1.82) is 0 Å². The van der Waals surface area contributed by atoms with E-state index in [1.54, 1.807) is 11.3 Å². The average molecular weight is 330 g/mol. The zero-order valence-corrected chi connectivity index (χ0v) is 13.2. The van der Waals surface area contributed by atoms with Gasteiger partial charge < -0.3 is 5.32 Å². The maximum atomic E-state index is 3.63. The quantitative estimate of drug-likeness (QED) is 0.828. The summed E-state index contributed by atoms with van der Waals surface area (Å²) in [5.74, 6) is 0. The standard InChI is InChI=1S/C13H16BrNS2/c1-3-9-5-6-12(17-9)13(15-4-2)10-7-16-8-11(10)14/h5-8,13,15H,3-4H2,1-2H3. The van der Waals surface area contributed by atoms with Gasteiger partial charge in [0.05, 0.1) is 6.04 Å².